The summed E-state index contributed by atoms with van der Waals surface area (Å²) in [6.45, 7) is -0.235. The number of alkyl halides is 1. The minimum Gasteiger partial charge on any atom is -0.478 e. The summed E-state index contributed by atoms with van der Waals surface area (Å²) in [5.74, 6) is -0.332. The molecule has 1 aromatic heterocycles. The van der Waals surface area contributed by atoms with E-state index in [9.17, 15) is 14.3 Å². The van der Waals surface area contributed by atoms with E-state index in [-0.39, 0.29) is 12.2 Å². The van der Waals surface area contributed by atoms with E-state index in [1.54, 1.807) is 18.2 Å². The van der Waals surface area contributed by atoms with Crippen molar-refractivity contribution < 1.29 is 14.3 Å². The first-order valence-corrected chi connectivity index (χ1v) is 13.5. The number of nitrogens with zero attached hydrogens (tertiary/aromatic N) is 1. The zero-order valence-electron chi connectivity index (χ0n) is 20.4. The Balaban J connectivity index is 1.55. The van der Waals surface area contributed by atoms with Crippen LogP contribution in [0.4, 0.5) is 4.39 Å². The van der Waals surface area contributed by atoms with Crippen LogP contribution in [-0.4, -0.2) is 22.7 Å². The van der Waals surface area contributed by atoms with Crippen molar-refractivity contribution in [1.29, 1.82) is 0 Å². The summed E-state index contributed by atoms with van der Waals surface area (Å²) in [7, 11) is 0. The Morgan fingerprint density at radius 1 is 1.05 bits per heavy atom. The van der Waals surface area contributed by atoms with Gasteiger partial charge < -0.3 is 5.11 Å². The number of hydrogen-bond acceptors (Lipinski definition) is 2. The number of rotatable bonds is 7. The van der Waals surface area contributed by atoms with Gasteiger partial charge in [-0.3, -0.25) is 9.37 Å². The number of aromatic carboxylic acids is 1. The molecule has 2 aliphatic carbocycles. The van der Waals surface area contributed by atoms with Crippen molar-refractivity contribution in [3.05, 3.63) is 104 Å². The molecule has 5 rings (SSSR count). The molecular formula is C31H28Cl2FNO2. The van der Waals surface area contributed by atoms with Crippen molar-refractivity contribution in [2.24, 2.45) is 5.92 Å². The molecule has 3 aromatic rings. The molecule has 0 spiro atoms. The number of allylic oxidation sites excluding steroid dienone is 2. The number of fused-ring (bicyclic) bond motifs is 1. The summed E-state index contributed by atoms with van der Waals surface area (Å²) in [5, 5.41) is 10.7. The molecule has 0 radical (unpaired) electrons. The van der Waals surface area contributed by atoms with Crippen molar-refractivity contribution in [2.45, 2.75) is 44.9 Å². The highest BCUT2D eigenvalue weighted by Crippen LogP contribution is 2.42. The number of aromatic nitrogens is 1. The van der Waals surface area contributed by atoms with Gasteiger partial charge in [-0.25, -0.2) is 4.79 Å². The van der Waals surface area contributed by atoms with Gasteiger partial charge in [0.1, 0.15) is 0 Å². The first kappa shape index (κ1) is 25.7. The van der Waals surface area contributed by atoms with Gasteiger partial charge in [0.2, 0.25) is 0 Å². The molecule has 1 fully saturated rings. The molecule has 2 aromatic carbocycles. The normalized spacial score (nSPS) is 17.2. The Bertz CT molecular complexity index is 1390. The van der Waals surface area contributed by atoms with E-state index < -0.39 is 5.97 Å². The quantitative estimate of drug-likeness (QED) is 0.328. The third-order valence-corrected chi connectivity index (χ3v) is 7.86. The molecule has 3 nitrogen and oxygen atoms in total. The second-order valence-electron chi connectivity index (χ2n) is 9.89. The predicted octanol–water partition coefficient (Wildman–Crippen LogP) is 8.93. The van der Waals surface area contributed by atoms with Crippen molar-refractivity contribution in [1.82, 2.24) is 4.98 Å². The van der Waals surface area contributed by atoms with Gasteiger partial charge in [0.15, 0.2) is 0 Å². The first-order valence-electron chi connectivity index (χ1n) is 12.7. The molecule has 1 heterocycles. The number of halogens is 3. The number of pyridine rings is 1. The average molecular weight is 536 g/mol. The number of benzene rings is 2. The van der Waals surface area contributed by atoms with E-state index in [0.29, 0.717) is 22.4 Å². The van der Waals surface area contributed by atoms with E-state index in [0.717, 1.165) is 77.6 Å². The Hall–Kier alpha value is -2.95. The summed E-state index contributed by atoms with van der Waals surface area (Å²) in [5.41, 5.74) is 8.48. The summed E-state index contributed by atoms with van der Waals surface area (Å²) >= 11 is 12.9. The Morgan fingerprint density at radius 2 is 1.86 bits per heavy atom. The molecule has 1 saturated carbocycles. The van der Waals surface area contributed by atoms with Gasteiger partial charge in [-0.05, 0) is 109 Å². The van der Waals surface area contributed by atoms with E-state index in [1.807, 2.05) is 30.5 Å². The summed E-state index contributed by atoms with van der Waals surface area (Å²) in [4.78, 5) is 16.5. The van der Waals surface area contributed by atoms with E-state index in [4.69, 9.17) is 28.2 Å². The van der Waals surface area contributed by atoms with Crippen LogP contribution in [0.25, 0.3) is 17.2 Å². The van der Waals surface area contributed by atoms with Gasteiger partial charge in [0.25, 0.3) is 0 Å². The maximum absolute atomic E-state index is 12.4. The molecule has 0 bridgehead atoms. The topological polar surface area (TPSA) is 50.2 Å². The van der Waals surface area contributed by atoms with Crippen LogP contribution in [0.5, 0.6) is 0 Å². The molecule has 0 saturated heterocycles. The molecule has 1 N–H and O–H groups in total. The highest BCUT2D eigenvalue weighted by atomic mass is 35.5. The van der Waals surface area contributed by atoms with E-state index >= 15 is 0 Å². The second kappa shape index (κ2) is 11.2. The highest BCUT2D eigenvalue weighted by molar-refractivity contribution is 6.36. The van der Waals surface area contributed by atoms with E-state index in [2.05, 4.69) is 12.1 Å². The zero-order valence-corrected chi connectivity index (χ0v) is 22.0. The van der Waals surface area contributed by atoms with Crippen molar-refractivity contribution in [3.63, 3.8) is 0 Å². The molecule has 0 atom stereocenters. The predicted molar refractivity (Wildman–Crippen MR) is 149 cm³/mol. The molecule has 6 heteroatoms. The van der Waals surface area contributed by atoms with Gasteiger partial charge >= 0.3 is 5.97 Å². The van der Waals surface area contributed by atoms with Crippen LogP contribution in [0.3, 0.4) is 0 Å². The third kappa shape index (κ3) is 5.66. The minimum atomic E-state index is -0.933. The lowest BCUT2D eigenvalue weighted by Crippen LogP contribution is -2.14. The Kier molecular flexibility index (Phi) is 7.78. The fourth-order valence-electron chi connectivity index (χ4n) is 5.46. The summed E-state index contributed by atoms with van der Waals surface area (Å²) in [6.07, 6.45) is 10.2. The lowest BCUT2D eigenvalue weighted by molar-refractivity contribution is 0.0696. The molecule has 0 unspecified atom stereocenters. The monoisotopic (exact) mass is 535 g/mol. The molecule has 2 aliphatic rings. The van der Waals surface area contributed by atoms with Crippen LogP contribution in [0.1, 0.15) is 76.8 Å². The molecule has 37 heavy (non-hydrogen) atoms. The molecule has 0 amide bonds. The number of aryl methyl sites for hydroxylation is 1. The number of hydrogen-bond donors (Lipinski definition) is 1. The van der Waals surface area contributed by atoms with Crippen molar-refractivity contribution in [2.75, 3.05) is 6.67 Å². The third-order valence-electron chi connectivity index (χ3n) is 7.31. The van der Waals surface area contributed by atoms with Crippen molar-refractivity contribution >= 4 is 46.4 Å². The largest absolute Gasteiger partial charge is 0.478 e. The van der Waals surface area contributed by atoms with Crippen LogP contribution in [0.2, 0.25) is 10.0 Å². The summed E-state index contributed by atoms with van der Waals surface area (Å²) in [6, 6.07) is 15.0. The van der Waals surface area contributed by atoms with Gasteiger partial charge in [0, 0.05) is 21.8 Å². The Labute approximate surface area is 226 Å². The van der Waals surface area contributed by atoms with Crippen LogP contribution < -0.4 is 0 Å². The minimum absolute atomic E-state index is 0.235. The van der Waals surface area contributed by atoms with Gasteiger partial charge in [-0.15, -0.1) is 0 Å². The fourth-order valence-corrected chi connectivity index (χ4v) is 5.98. The number of carboxylic acid groups (broad SMARTS) is 1. The first-order chi connectivity index (χ1) is 17.9. The SMILES string of the molecule is O=C(O)c1ccc2c(c1)CCCC(c1ccc(Cl)cc1Cl)=C2c1ccc(C=C2CC(CCCF)C2)cn1. The van der Waals surface area contributed by atoms with Crippen LogP contribution >= 0.6 is 23.2 Å². The Morgan fingerprint density at radius 3 is 2.57 bits per heavy atom. The van der Waals surface area contributed by atoms with Crippen molar-refractivity contribution in [3.8, 4) is 0 Å². The average Bonchev–Trinajstić information content (AvgIpc) is 3.04. The van der Waals surface area contributed by atoms with Gasteiger partial charge in [-0.2, -0.15) is 0 Å². The fraction of sp³-hybridized carbons (Fsp3) is 0.290. The maximum atomic E-state index is 12.4. The van der Waals surface area contributed by atoms with Crippen LogP contribution in [0.15, 0.2) is 60.3 Å². The van der Waals surface area contributed by atoms with Crippen LogP contribution in [-0.2, 0) is 6.42 Å². The molecule has 190 valence electrons. The number of carboxylic acids is 1. The van der Waals surface area contributed by atoms with E-state index in [1.165, 1.54) is 5.57 Å². The second-order valence-corrected chi connectivity index (χ2v) is 10.7. The lowest BCUT2D eigenvalue weighted by Gasteiger charge is -2.29. The lowest BCUT2D eigenvalue weighted by atomic mass is 9.77. The van der Waals surface area contributed by atoms with Gasteiger partial charge in [0.05, 0.1) is 17.9 Å². The maximum Gasteiger partial charge on any atom is 0.335 e. The standard InChI is InChI=1S/C31H28Cl2FNO2/c32-24-8-10-26(28(33)17-24)27-5-1-4-22-16-23(31(36)37)7-9-25(22)30(27)29-11-6-20(18-35-29)15-21-13-19(14-21)3-2-12-34/h6-11,15-19H,1-5,12-14H2,(H,36,37). The summed E-state index contributed by atoms with van der Waals surface area (Å²) < 4.78 is 12.4. The number of carbonyl (C=O) groups is 1. The smallest absolute Gasteiger partial charge is 0.335 e. The van der Waals surface area contributed by atoms with Gasteiger partial charge in [-0.1, -0.05) is 53.1 Å². The zero-order chi connectivity index (χ0) is 25.9. The van der Waals surface area contributed by atoms with Crippen LogP contribution in [0, 0.1) is 5.92 Å². The molecule has 0 aliphatic heterocycles. The highest BCUT2D eigenvalue weighted by Gasteiger charge is 2.24. The molecular weight excluding hydrogens is 508 g/mol.